The summed E-state index contributed by atoms with van der Waals surface area (Å²) in [4.78, 5) is 23.1. The molecule has 0 fully saturated rings. The van der Waals surface area contributed by atoms with E-state index in [-0.39, 0.29) is 13.2 Å². The van der Waals surface area contributed by atoms with E-state index < -0.39 is 11.9 Å². The smallest absolute Gasteiger partial charge is 0.331 e. The molecular weight excluding hydrogens is 351 g/mol. The number of benzene rings is 2. The molecule has 0 saturated carbocycles. The van der Waals surface area contributed by atoms with Crippen molar-refractivity contribution >= 4 is 35.1 Å². The van der Waals surface area contributed by atoms with Crippen LogP contribution < -0.4 is 0 Å². The monoisotopic (exact) mass is 364 g/mol. The van der Waals surface area contributed by atoms with Gasteiger partial charge in [0.15, 0.2) is 0 Å². The molecule has 24 heavy (non-hydrogen) atoms. The molecule has 0 bridgehead atoms. The Morgan fingerprint density at radius 2 is 1.04 bits per heavy atom. The molecule has 4 nitrogen and oxygen atoms in total. The Labute approximate surface area is 149 Å². The van der Waals surface area contributed by atoms with E-state index in [2.05, 4.69) is 0 Å². The Balaban J connectivity index is 1.73. The Morgan fingerprint density at radius 1 is 0.708 bits per heavy atom. The van der Waals surface area contributed by atoms with Crippen molar-refractivity contribution in [3.8, 4) is 0 Å². The molecule has 6 heteroatoms. The second-order valence-electron chi connectivity index (χ2n) is 4.80. The summed E-state index contributed by atoms with van der Waals surface area (Å²) in [7, 11) is 0. The van der Waals surface area contributed by atoms with Crippen LogP contribution in [-0.4, -0.2) is 11.9 Å². The first-order valence-electron chi connectivity index (χ1n) is 7.03. The van der Waals surface area contributed by atoms with Crippen LogP contribution in [0.15, 0.2) is 60.7 Å². The van der Waals surface area contributed by atoms with Gasteiger partial charge in [0.25, 0.3) is 0 Å². The maximum absolute atomic E-state index is 11.5. The zero-order chi connectivity index (χ0) is 17.4. The molecule has 0 N–H and O–H groups in total. The third-order valence-electron chi connectivity index (χ3n) is 2.94. The average molecular weight is 365 g/mol. The minimum absolute atomic E-state index is 0.0974. The fourth-order valence-electron chi connectivity index (χ4n) is 1.70. The summed E-state index contributed by atoms with van der Waals surface area (Å²) >= 11 is 11.5. The van der Waals surface area contributed by atoms with Crippen molar-refractivity contribution < 1.29 is 19.1 Å². The number of carbonyl (C=O) groups excluding carboxylic acids is 2. The summed E-state index contributed by atoms with van der Waals surface area (Å²) < 4.78 is 10.0. The van der Waals surface area contributed by atoms with E-state index in [1.807, 2.05) is 0 Å². The van der Waals surface area contributed by atoms with Crippen LogP contribution in [0.25, 0.3) is 0 Å². The zero-order valence-corrected chi connectivity index (χ0v) is 14.1. The van der Waals surface area contributed by atoms with Gasteiger partial charge < -0.3 is 9.47 Å². The first-order valence-corrected chi connectivity index (χ1v) is 7.79. The molecule has 2 aromatic rings. The lowest BCUT2D eigenvalue weighted by Crippen LogP contribution is -2.04. The highest BCUT2D eigenvalue weighted by molar-refractivity contribution is 6.30. The van der Waals surface area contributed by atoms with E-state index in [0.29, 0.717) is 10.0 Å². The summed E-state index contributed by atoms with van der Waals surface area (Å²) in [5.74, 6) is -1.26. The van der Waals surface area contributed by atoms with Gasteiger partial charge in [0.2, 0.25) is 0 Å². The van der Waals surface area contributed by atoms with Crippen LogP contribution in [0.4, 0.5) is 0 Å². The Bertz CT molecular complexity index is 658. The SMILES string of the molecule is O=C(/C=C\C(=O)OCc1ccc(Cl)cc1)OCc1ccc(Cl)cc1. The van der Waals surface area contributed by atoms with Crippen LogP contribution >= 0.6 is 23.2 Å². The van der Waals surface area contributed by atoms with Gasteiger partial charge in [-0.15, -0.1) is 0 Å². The van der Waals surface area contributed by atoms with Gasteiger partial charge in [0.1, 0.15) is 13.2 Å². The van der Waals surface area contributed by atoms with E-state index in [9.17, 15) is 9.59 Å². The van der Waals surface area contributed by atoms with Crippen LogP contribution in [0, 0.1) is 0 Å². The van der Waals surface area contributed by atoms with E-state index in [4.69, 9.17) is 32.7 Å². The van der Waals surface area contributed by atoms with E-state index >= 15 is 0 Å². The number of rotatable bonds is 6. The van der Waals surface area contributed by atoms with Gasteiger partial charge in [-0.2, -0.15) is 0 Å². The second-order valence-corrected chi connectivity index (χ2v) is 5.67. The fourth-order valence-corrected chi connectivity index (χ4v) is 1.95. The number of halogens is 2. The molecular formula is C18H14Cl2O4. The zero-order valence-electron chi connectivity index (χ0n) is 12.6. The van der Waals surface area contributed by atoms with Crippen LogP contribution in [0.3, 0.4) is 0 Å². The fraction of sp³-hybridized carbons (Fsp3) is 0.111. The normalized spacial score (nSPS) is 10.6. The highest BCUT2D eigenvalue weighted by Crippen LogP contribution is 2.11. The second kappa shape index (κ2) is 9.11. The maximum atomic E-state index is 11.5. The standard InChI is InChI=1S/C18H14Cl2O4/c19-15-5-1-13(2-6-15)11-23-17(21)9-10-18(22)24-12-14-3-7-16(20)8-4-14/h1-10H,11-12H2/b10-9-. The highest BCUT2D eigenvalue weighted by atomic mass is 35.5. The third-order valence-corrected chi connectivity index (χ3v) is 3.45. The van der Waals surface area contributed by atoms with Gasteiger partial charge in [-0.05, 0) is 35.4 Å². The van der Waals surface area contributed by atoms with Crippen LogP contribution in [-0.2, 0) is 32.3 Å². The molecule has 2 aromatic carbocycles. The topological polar surface area (TPSA) is 52.6 Å². The van der Waals surface area contributed by atoms with Gasteiger partial charge in [0.05, 0.1) is 0 Å². The number of esters is 2. The quantitative estimate of drug-likeness (QED) is 0.565. The number of hydrogen-bond donors (Lipinski definition) is 0. The first kappa shape index (κ1) is 18.0. The molecule has 0 aromatic heterocycles. The van der Waals surface area contributed by atoms with Crippen LogP contribution in [0.5, 0.6) is 0 Å². The lowest BCUT2D eigenvalue weighted by molar-refractivity contribution is -0.141. The van der Waals surface area contributed by atoms with E-state index in [1.54, 1.807) is 48.5 Å². The molecule has 0 aliphatic rings. The molecule has 0 unspecified atom stereocenters. The highest BCUT2D eigenvalue weighted by Gasteiger charge is 2.03. The minimum Gasteiger partial charge on any atom is -0.458 e. The van der Waals surface area contributed by atoms with Crippen molar-refractivity contribution in [2.24, 2.45) is 0 Å². The van der Waals surface area contributed by atoms with Gasteiger partial charge in [0, 0.05) is 22.2 Å². The van der Waals surface area contributed by atoms with Crippen molar-refractivity contribution in [3.63, 3.8) is 0 Å². The van der Waals surface area contributed by atoms with Gasteiger partial charge >= 0.3 is 11.9 Å². The van der Waals surface area contributed by atoms with Crippen molar-refractivity contribution in [1.82, 2.24) is 0 Å². The molecule has 124 valence electrons. The summed E-state index contributed by atoms with van der Waals surface area (Å²) in [5.41, 5.74) is 1.60. The Morgan fingerprint density at radius 3 is 1.38 bits per heavy atom. The summed E-state index contributed by atoms with van der Waals surface area (Å²) in [5, 5.41) is 1.21. The van der Waals surface area contributed by atoms with Crippen LogP contribution in [0.1, 0.15) is 11.1 Å². The number of hydrogen-bond acceptors (Lipinski definition) is 4. The largest absolute Gasteiger partial charge is 0.458 e. The molecule has 0 radical (unpaired) electrons. The van der Waals surface area contributed by atoms with Crippen molar-refractivity contribution in [3.05, 3.63) is 81.9 Å². The van der Waals surface area contributed by atoms with Gasteiger partial charge in [-0.25, -0.2) is 9.59 Å². The molecule has 0 spiro atoms. The van der Waals surface area contributed by atoms with Gasteiger partial charge in [-0.3, -0.25) is 0 Å². The third kappa shape index (κ3) is 6.44. The number of ether oxygens (including phenoxy) is 2. The number of carbonyl (C=O) groups is 2. The predicted octanol–water partition coefficient (Wildman–Crippen LogP) is 4.34. The molecule has 0 aliphatic heterocycles. The Kier molecular flexibility index (Phi) is 6.85. The van der Waals surface area contributed by atoms with E-state index in [0.717, 1.165) is 23.3 Å². The first-order chi connectivity index (χ1) is 11.5. The Hall–Kier alpha value is -2.30. The minimum atomic E-state index is -0.631. The average Bonchev–Trinajstić information content (AvgIpc) is 2.59. The van der Waals surface area contributed by atoms with Crippen LogP contribution in [0.2, 0.25) is 10.0 Å². The van der Waals surface area contributed by atoms with E-state index in [1.165, 1.54) is 0 Å². The molecule has 0 amide bonds. The lowest BCUT2D eigenvalue weighted by atomic mass is 10.2. The lowest BCUT2D eigenvalue weighted by Gasteiger charge is -2.03. The summed E-state index contributed by atoms with van der Waals surface area (Å²) in [6, 6.07) is 13.8. The van der Waals surface area contributed by atoms with Crippen molar-refractivity contribution in [1.29, 1.82) is 0 Å². The molecule has 0 saturated heterocycles. The summed E-state index contributed by atoms with van der Waals surface area (Å²) in [6.45, 7) is 0.195. The molecule has 0 heterocycles. The van der Waals surface area contributed by atoms with Crippen molar-refractivity contribution in [2.45, 2.75) is 13.2 Å². The molecule has 0 aliphatic carbocycles. The molecule has 2 rings (SSSR count). The maximum Gasteiger partial charge on any atom is 0.331 e. The van der Waals surface area contributed by atoms with Gasteiger partial charge in [-0.1, -0.05) is 47.5 Å². The van der Waals surface area contributed by atoms with Crippen molar-refractivity contribution in [2.75, 3.05) is 0 Å². The predicted molar refractivity (Wildman–Crippen MR) is 91.6 cm³/mol. The molecule has 0 atom stereocenters. The summed E-state index contributed by atoms with van der Waals surface area (Å²) in [6.07, 6.45) is 2.06.